The van der Waals surface area contributed by atoms with Gasteiger partial charge in [0.15, 0.2) is 0 Å². The third kappa shape index (κ3) is 3.15. The Morgan fingerprint density at radius 1 is 0.667 bits per heavy atom. The fraction of sp³-hybridized carbons (Fsp3) is 0.143. The van der Waals surface area contributed by atoms with Crippen LogP contribution in [0.25, 0.3) is 0 Å². The second kappa shape index (κ2) is 6.61. The van der Waals surface area contributed by atoms with E-state index < -0.39 is 0 Å². The van der Waals surface area contributed by atoms with Crippen molar-refractivity contribution in [1.82, 2.24) is 0 Å². The van der Waals surface area contributed by atoms with Crippen molar-refractivity contribution in [3.05, 3.63) is 48.5 Å². The first-order valence-corrected chi connectivity index (χ1v) is 7.98. The highest BCUT2D eigenvalue weighted by molar-refractivity contribution is 7.99. The van der Waals surface area contributed by atoms with Gasteiger partial charge in [0.1, 0.15) is 0 Å². The molecule has 2 aromatic rings. The molecule has 0 fully saturated rings. The predicted molar refractivity (Wildman–Crippen MR) is 80.6 cm³/mol. The maximum atomic E-state index is 4.35. The third-order valence-corrected chi connectivity index (χ3v) is 4.01. The monoisotopic (exact) mass is 274 g/mol. The van der Waals surface area contributed by atoms with Crippen LogP contribution in [0.15, 0.2) is 68.6 Å². The summed E-state index contributed by atoms with van der Waals surface area (Å²) < 4.78 is 0. The Kier molecular flexibility index (Phi) is 4.84. The molecule has 0 saturated heterocycles. The molecule has 0 N–H and O–H groups in total. The van der Waals surface area contributed by atoms with E-state index in [-0.39, 0.29) is 0 Å². The van der Waals surface area contributed by atoms with E-state index in [1.165, 1.54) is 0 Å². The highest BCUT2D eigenvalue weighted by Gasteiger charge is 2.00. The SMILES string of the molecule is CSc1ccccc1N=Nc1ccccc1SC. The van der Waals surface area contributed by atoms with Gasteiger partial charge in [-0.2, -0.15) is 0 Å². The first kappa shape index (κ1) is 13.2. The minimum absolute atomic E-state index is 0.918. The van der Waals surface area contributed by atoms with Gasteiger partial charge in [-0.3, -0.25) is 0 Å². The second-order valence-electron chi connectivity index (χ2n) is 3.54. The Balaban J connectivity index is 2.30. The van der Waals surface area contributed by atoms with Crippen LogP contribution in [0.5, 0.6) is 0 Å². The summed E-state index contributed by atoms with van der Waals surface area (Å²) in [6.45, 7) is 0. The standard InChI is InChI=1S/C14H14N2S2/c1-17-13-9-5-3-7-11(13)15-16-12-8-4-6-10-14(12)18-2/h3-10H,1-2H3. The number of azo groups is 1. The van der Waals surface area contributed by atoms with Crippen LogP contribution in [0.1, 0.15) is 0 Å². The molecule has 0 aliphatic carbocycles. The van der Waals surface area contributed by atoms with Gasteiger partial charge in [-0.15, -0.1) is 33.8 Å². The van der Waals surface area contributed by atoms with Crippen LogP contribution in [0, 0.1) is 0 Å². The van der Waals surface area contributed by atoms with E-state index in [2.05, 4.69) is 22.4 Å². The topological polar surface area (TPSA) is 24.7 Å². The molecule has 18 heavy (non-hydrogen) atoms. The van der Waals surface area contributed by atoms with Crippen molar-refractivity contribution in [3.63, 3.8) is 0 Å². The fourth-order valence-corrected chi connectivity index (χ4v) is 2.60. The van der Waals surface area contributed by atoms with E-state index in [0.717, 1.165) is 21.2 Å². The largest absolute Gasteiger partial charge is 0.149 e. The van der Waals surface area contributed by atoms with Gasteiger partial charge in [0, 0.05) is 9.79 Å². The number of rotatable bonds is 4. The lowest BCUT2D eigenvalue weighted by molar-refractivity contribution is 1.17. The van der Waals surface area contributed by atoms with E-state index in [1.54, 1.807) is 23.5 Å². The molecule has 0 radical (unpaired) electrons. The van der Waals surface area contributed by atoms with E-state index in [9.17, 15) is 0 Å². The normalized spacial score (nSPS) is 11.0. The first-order valence-electron chi connectivity index (χ1n) is 5.53. The molecule has 0 amide bonds. The van der Waals surface area contributed by atoms with E-state index in [4.69, 9.17) is 0 Å². The summed E-state index contributed by atoms with van der Waals surface area (Å²) in [6, 6.07) is 16.1. The van der Waals surface area contributed by atoms with Crippen molar-refractivity contribution in [1.29, 1.82) is 0 Å². The van der Waals surface area contributed by atoms with Crippen LogP contribution in [0.2, 0.25) is 0 Å². The van der Waals surface area contributed by atoms with Crippen molar-refractivity contribution in [2.24, 2.45) is 10.2 Å². The molecule has 0 saturated carbocycles. The zero-order chi connectivity index (χ0) is 12.8. The van der Waals surface area contributed by atoms with Crippen molar-refractivity contribution in [2.45, 2.75) is 9.79 Å². The molecule has 0 heterocycles. The maximum Gasteiger partial charge on any atom is 0.0992 e. The van der Waals surface area contributed by atoms with E-state index in [0.29, 0.717) is 0 Å². The Morgan fingerprint density at radius 3 is 1.44 bits per heavy atom. The molecule has 0 aliphatic rings. The molecule has 0 spiro atoms. The summed E-state index contributed by atoms with van der Waals surface area (Å²) in [5, 5.41) is 8.69. The van der Waals surface area contributed by atoms with Gasteiger partial charge < -0.3 is 0 Å². The second-order valence-corrected chi connectivity index (χ2v) is 5.24. The summed E-state index contributed by atoms with van der Waals surface area (Å²) in [5.41, 5.74) is 1.84. The van der Waals surface area contributed by atoms with Gasteiger partial charge in [0.05, 0.1) is 11.4 Å². The molecule has 92 valence electrons. The molecule has 2 rings (SSSR count). The van der Waals surface area contributed by atoms with Crippen LogP contribution in [0.3, 0.4) is 0 Å². The van der Waals surface area contributed by atoms with Crippen LogP contribution >= 0.6 is 23.5 Å². The number of hydrogen-bond acceptors (Lipinski definition) is 4. The van der Waals surface area contributed by atoms with Gasteiger partial charge in [-0.25, -0.2) is 0 Å². The number of nitrogens with zero attached hydrogens (tertiary/aromatic N) is 2. The Labute approximate surface area is 116 Å². The smallest absolute Gasteiger partial charge is 0.0992 e. The Hall–Kier alpha value is -1.26. The first-order chi connectivity index (χ1) is 8.85. The molecular weight excluding hydrogens is 260 g/mol. The summed E-state index contributed by atoms with van der Waals surface area (Å²) in [7, 11) is 0. The van der Waals surface area contributed by atoms with Gasteiger partial charge in [-0.1, -0.05) is 24.3 Å². The minimum atomic E-state index is 0.918. The molecule has 0 atom stereocenters. The highest BCUT2D eigenvalue weighted by atomic mass is 32.2. The minimum Gasteiger partial charge on any atom is -0.149 e. The molecule has 0 aliphatic heterocycles. The molecule has 0 unspecified atom stereocenters. The van der Waals surface area contributed by atoms with Gasteiger partial charge >= 0.3 is 0 Å². The lowest BCUT2D eigenvalue weighted by Gasteiger charge is -2.02. The van der Waals surface area contributed by atoms with E-state index >= 15 is 0 Å². The molecule has 0 bridgehead atoms. The van der Waals surface area contributed by atoms with E-state index in [1.807, 2.05) is 48.9 Å². The Bertz CT molecular complexity index is 503. The summed E-state index contributed by atoms with van der Waals surface area (Å²) in [5.74, 6) is 0. The lowest BCUT2D eigenvalue weighted by atomic mass is 10.3. The summed E-state index contributed by atoms with van der Waals surface area (Å²) in [6.07, 6.45) is 4.09. The van der Waals surface area contributed by atoms with Gasteiger partial charge in [-0.05, 0) is 36.8 Å². The number of hydrogen-bond donors (Lipinski definition) is 0. The van der Waals surface area contributed by atoms with Gasteiger partial charge in [0.2, 0.25) is 0 Å². The van der Waals surface area contributed by atoms with Crippen LogP contribution in [0.4, 0.5) is 11.4 Å². The molecular formula is C14H14N2S2. The van der Waals surface area contributed by atoms with Gasteiger partial charge in [0.25, 0.3) is 0 Å². The quantitative estimate of drug-likeness (QED) is 0.539. The third-order valence-electron chi connectivity index (χ3n) is 2.44. The maximum absolute atomic E-state index is 4.35. The van der Waals surface area contributed by atoms with Crippen LogP contribution < -0.4 is 0 Å². The highest BCUT2D eigenvalue weighted by Crippen LogP contribution is 2.32. The zero-order valence-corrected chi connectivity index (χ0v) is 12.0. The Morgan fingerprint density at radius 2 is 1.06 bits per heavy atom. The van der Waals surface area contributed by atoms with Crippen molar-refractivity contribution >= 4 is 34.9 Å². The predicted octanol–water partition coefficient (Wildman–Crippen LogP) is 5.55. The summed E-state index contributed by atoms with van der Waals surface area (Å²) in [4.78, 5) is 2.28. The number of thioether (sulfide) groups is 2. The summed E-state index contributed by atoms with van der Waals surface area (Å²) >= 11 is 3.36. The molecule has 2 nitrogen and oxygen atoms in total. The molecule has 4 heteroatoms. The van der Waals surface area contributed by atoms with Crippen molar-refractivity contribution < 1.29 is 0 Å². The van der Waals surface area contributed by atoms with Crippen molar-refractivity contribution in [2.75, 3.05) is 12.5 Å². The number of benzene rings is 2. The zero-order valence-electron chi connectivity index (χ0n) is 10.3. The van der Waals surface area contributed by atoms with Crippen LogP contribution in [-0.2, 0) is 0 Å². The average molecular weight is 274 g/mol. The molecule has 0 aromatic heterocycles. The van der Waals surface area contributed by atoms with Crippen molar-refractivity contribution in [3.8, 4) is 0 Å². The lowest BCUT2D eigenvalue weighted by Crippen LogP contribution is -1.73. The fourth-order valence-electron chi connectivity index (χ4n) is 1.53. The van der Waals surface area contributed by atoms with Crippen LogP contribution in [-0.4, -0.2) is 12.5 Å². The molecule has 2 aromatic carbocycles. The average Bonchev–Trinajstić information content (AvgIpc) is 2.45.